The average Bonchev–Trinajstić information content (AvgIpc) is 2.17. The van der Waals surface area contributed by atoms with Crippen LogP contribution in [0.4, 0.5) is 0 Å². The van der Waals surface area contributed by atoms with Gasteiger partial charge < -0.3 is 20.1 Å². The van der Waals surface area contributed by atoms with Crippen molar-refractivity contribution in [1.29, 1.82) is 0 Å². The molecule has 0 amide bonds. The quantitative estimate of drug-likeness (QED) is 0.424. The lowest BCUT2D eigenvalue weighted by Crippen LogP contribution is -2.32. The number of halogens is 1. The van der Waals surface area contributed by atoms with Crippen molar-refractivity contribution in [3.05, 3.63) is 0 Å². The number of aliphatic hydroxyl groups is 3. The van der Waals surface area contributed by atoms with E-state index in [0.717, 1.165) is 0 Å². The first kappa shape index (κ1) is 8.23. The molecule has 1 saturated heterocycles. The monoisotopic (exact) mass is 168 g/mol. The molecule has 1 rings (SSSR count). The van der Waals surface area contributed by atoms with Crippen molar-refractivity contribution in [3.63, 3.8) is 0 Å². The topological polar surface area (TPSA) is 69.9 Å². The van der Waals surface area contributed by atoms with Gasteiger partial charge >= 0.3 is 0 Å². The maximum absolute atomic E-state index is 9.01. The standard InChI is InChI=1S/C5H9ClO4/c6-5-4(9)3(8)2(1-7)10-5/h2-5,7-9H,1H2/t2?,3?,4-,5?/m0/s1. The van der Waals surface area contributed by atoms with Crippen LogP contribution in [-0.2, 0) is 4.74 Å². The van der Waals surface area contributed by atoms with Gasteiger partial charge in [-0.25, -0.2) is 0 Å². The summed E-state index contributed by atoms with van der Waals surface area (Å²) in [7, 11) is 0. The van der Waals surface area contributed by atoms with E-state index in [-0.39, 0.29) is 6.61 Å². The first-order valence-corrected chi connectivity index (χ1v) is 3.37. The fourth-order valence-electron chi connectivity index (χ4n) is 0.854. The van der Waals surface area contributed by atoms with Crippen molar-refractivity contribution in [2.45, 2.75) is 23.9 Å². The molecular weight excluding hydrogens is 160 g/mol. The molecule has 1 fully saturated rings. The van der Waals surface area contributed by atoms with Crippen LogP contribution >= 0.6 is 11.6 Å². The van der Waals surface area contributed by atoms with Gasteiger partial charge in [0.1, 0.15) is 18.3 Å². The highest BCUT2D eigenvalue weighted by Crippen LogP contribution is 2.23. The van der Waals surface area contributed by atoms with Crippen molar-refractivity contribution in [1.82, 2.24) is 0 Å². The molecule has 0 aromatic heterocycles. The molecule has 0 aliphatic carbocycles. The summed E-state index contributed by atoms with van der Waals surface area (Å²) in [6.07, 6.45) is -2.93. The molecule has 0 aromatic rings. The van der Waals surface area contributed by atoms with Crippen molar-refractivity contribution in [2.24, 2.45) is 0 Å². The maximum Gasteiger partial charge on any atom is 0.160 e. The van der Waals surface area contributed by atoms with Crippen LogP contribution in [0.25, 0.3) is 0 Å². The molecule has 4 atom stereocenters. The second-order valence-electron chi connectivity index (χ2n) is 2.19. The Morgan fingerprint density at radius 3 is 2.10 bits per heavy atom. The second-order valence-corrected chi connectivity index (χ2v) is 2.62. The molecule has 0 bridgehead atoms. The van der Waals surface area contributed by atoms with Crippen LogP contribution in [0.1, 0.15) is 0 Å². The van der Waals surface area contributed by atoms with Crippen LogP contribution < -0.4 is 0 Å². The normalized spacial score (nSPS) is 48.0. The minimum atomic E-state index is -1.10. The zero-order chi connectivity index (χ0) is 7.72. The Bertz CT molecular complexity index is 120. The molecule has 1 heterocycles. The smallest absolute Gasteiger partial charge is 0.160 e. The van der Waals surface area contributed by atoms with Crippen LogP contribution in [0.15, 0.2) is 0 Å². The third kappa shape index (κ3) is 1.26. The molecular formula is C5H9ClO4. The molecule has 1 aliphatic heterocycles. The summed E-state index contributed by atoms with van der Waals surface area (Å²) in [6, 6.07) is 0. The molecule has 10 heavy (non-hydrogen) atoms. The van der Waals surface area contributed by atoms with Crippen LogP contribution in [0, 0.1) is 0 Å². The van der Waals surface area contributed by atoms with Crippen LogP contribution in [-0.4, -0.2) is 45.8 Å². The summed E-state index contributed by atoms with van der Waals surface area (Å²) in [5, 5.41) is 26.5. The molecule has 0 radical (unpaired) electrons. The molecule has 0 aromatic carbocycles. The lowest BCUT2D eigenvalue weighted by Gasteiger charge is -2.09. The SMILES string of the molecule is OCC1OC(Cl)[C@@H](O)C1O. The van der Waals surface area contributed by atoms with E-state index in [0.29, 0.717) is 0 Å². The zero-order valence-electron chi connectivity index (χ0n) is 5.14. The van der Waals surface area contributed by atoms with Gasteiger partial charge in [0.05, 0.1) is 6.61 Å². The third-order valence-corrected chi connectivity index (χ3v) is 1.85. The lowest BCUT2D eigenvalue weighted by molar-refractivity contribution is -0.00869. The van der Waals surface area contributed by atoms with Gasteiger partial charge in [-0.05, 0) is 0 Å². The molecule has 5 heteroatoms. The van der Waals surface area contributed by atoms with Gasteiger partial charge in [0.2, 0.25) is 0 Å². The highest BCUT2D eigenvalue weighted by Gasteiger charge is 2.40. The van der Waals surface area contributed by atoms with Gasteiger partial charge in [0, 0.05) is 0 Å². The molecule has 1 aliphatic rings. The largest absolute Gasteiger partial charge is 0.394 e. The summed E-state index contributed by atoms with van der Waals surface area (Å²) in [5.74, 6) is 0. The van der Waals surface area contributed by atoms with Gasteiger partial charge in [0.25, 0.3) is 0 Å². The van der Waals surface area contributed by atoms with Gasteiger partial charge in [-0.1, -0.05) is 11.6 Å². The van der Waals surface area contributed by atoms with E-state index in [4.69, 9.17) is 31.7 Å². The van der Waals surface area contributed by atoms with Gasteiger partial charge in [-0.15, -0.1) is 0 Å². The Morgan fingerprint density at radius 1 is 1.30 bits per heavy atom. The summed E-state index contributed by atoms with van der Waals surface area (Å²) in [6.45, 7) is -0.332. The molecule has 4 nitrogen and oxygen atoms in total. The number of alkyl halides is 1. The Kier molecular flexibility index (Phi) is 2.49. The highest BCUT2D eigenvalue weighted by atomic mass is 35.5. The fraction of sp³-hybridized carbons (Fsp3) is 1.00. The van der Waals surface area contributed by atoms with E-state index in [9.17, 15) is 0 Å². The zero-order valence-corrected chi connectivity index (χ0v) is 5.90. The van der Waals surface area contributed by atoms with Gasteiger partial charge in [-0.2, -0.15) is 0 Å². The molecule has 60 valence electrons. The summed E-state index contributed by atoms with van der Waals surface area (Å²) >= 11 is 5.39. The fourth-order valence-corrected chi connectivity index (χ4v) is 1.14. The van der Waals surface area contributed by atoms with Crippen molar-refractivity contribution in [3.8, 4) is 0 Å². The summed E-state index contributed by atoms with van der Waals surface area (Å²) in [4.78, 5) is 0. The molecule has 3 N–H and O–H groups in total. The van der Waals surface area contributed by atoms with E-state index in [1.807, 2.05) is 0 Å². The molecule has 0 spiro atoms. The van der Waals surface area contributed by atoms with Crippen molar-refractivity contribution in [2.75, 3.05) is 6.61 Å². The van der Waals surface area contributed by atoms with E-state index in [1.165, 1.54) is 0 Å². The van der Waals surface area contributed by atoms with E-state index in [1.54, 1.807) is 0 Å². The molecule has 0 saturated carbocycles. The third-order valence-electron chi connectivity index (χ3n) is 1.48. The minimum absolute atomic E-state index is 0.332. The number of aliphatic hydroxyl groups excluding tert-OH is 3. The van der Waals surface area contributed by atoms with E-state index in [2.05, 4.69) is 0 Å². The number of hydrogen-bond acceptors (Lipinski definition) is 4. The number of rotatable bonds is 1. The van der Waals surface area contributed by atoms with Crippen LogP contribution in [0.2, 0.25) is 0 Å². The Morgan fingerprint density at radius 2 is 1.90 bits per heavy atom. The maximum atomic E-state index is 9.01. The van der Waals surface area contributed by atoms with Crippen molar-refractivity contribution < 1.29 is 20.1 Å². The summed E-state index contributed by atoms with van der Waals surface area (Å²) < 4.78 is 4.75. The number of hydrogen-bond donors (Lipinski definition) is 3. The van der Waals surface area contributed by atoms with E-state index >= 15 is 0 Å². The van der Waals surface area contributed by atoms with Gasteiger partial charge in [0.15, 0.2) is 5.56 Å². The Balaban J connectivity index is 2.53. The predicted molar refractivity (Wildman–Crippen MR) is 33.6 cm³/mol. The van der Waals surface area contributed by atoms with Gasteiger partial charge in [-0.3, -0.25) is 0 Å². The first-order chi connectivity index (χ1) is 4.66. The Labute approximate surface area is 63.0 Å². The molecule has 3 unspecified atom stereocenters. The average molecular weight is 169 g/mol. The lowest BCUT2D eigenvalue weighted by atomic mass is 10.2. The minimum Gasteiger partial charge on any atom is -0.394 e. The van der Waals surface area contributed by atoms with E-state index < -0.39 is 23.9 Å². The first-order valence-electron chi connectivity index (χ1n) is 2.93. The van der Waals surface area contributed by atoms with Crippen molar-refractivity contribution >= 4 is 11.6 Å². The number of ether oxygens (including phenoxy) is 1. The second kappa shape index (κ2) is 3.02. The Hall–Kier alpha value is 0.130. The van der Waals surface area contributed by atoms with Crippen LogP contribution in [0.5, 0.6) is 0 Å². The van der Waals surface area contributed by atoms with Crippen LogP contribution in [0.3, 0.4) is 0 Å². The summed E-state index contributed by atoms with van der Waals surface area (Å²) in [5.41, 5.74) is -0.910. The highest BCUT2D eigenvalue weighted by molar-refractivity contribution is 6.20. The predicted octanol–water partition coefficient (Wildman–Crippen LogP) is -1.34.